The lowest BCUT2D eigenvalue weighted by Gasteiger charge is -2.08. The second kappa shape index (κ2) is 3.43. The zero-order valence-corrected chi connectivity index (χ0v) is 9.51. The maximum atomic E-state index is 9.95. The lowest BCUT2D eigenvalue weighted by molar-refractivity contribution is 0.460. The highest BCUT2D eigenvalue weighted by Gasteiger charge is 2.10. The van der Waals surface area contributed by atoms with Crippen molar-refractivity contribution in [3.63, 3.8) is 0 Å². The van der Waals surface area contributed by atoms with E-state index in [1.54, 1.807) is 6.07 Å². The molecular weight excluding hydrogens is 228 g/mol. The number of hydrogen-bond acceptors (Lipinski definition) is 4. The van der Waals surface area contributed by atoms with Crippen LogP contribution in [0.2, 0.25) is 0 Å². The van der Waals surface area contributed by atoms with E-state index in [0.717, 1.165) is 16.2 Å². The van der Waals surface area contributed by atoms with Crippen molar-refractivity contribution in [1.82, 2.24) is 0 Å². The Labute approximate surface area is 103 Å². The van der Waals surface area contributed by atoms with Gasteiger partial charge in [0.1, 0.15) is 17.2 Å². The third kappa shape index (κ3) is 1.39. The molecule has 0 aliphatic rings. The van der Waals surface area contributed by atoms with Crippen molar-refractivity contribution in [2.45, 2.75) is 0 Å². The first kappa shape index (κ1) is 10.5. The first-order valence-electron chi connectivity index (χ1n) is 5.49. The molecule has 0 spiro atoms. The van der Waals surface area contributed by atoms with Gasteiger partial charge in [0.2, 0.25) is 0 Å². The topological polar surface area (TPSA) is 92.5 Å². The zero-order valence-electron chi connectivity index (χ0n) is 9.51. The number of hydrogen-bond donors (Lipinski definition) is 4. The normalized spacial score (nSPS) is 11.1. The lowest BCUT2D eigenvalue weighted by atomic mass is 10.0. The van der Waals surface area contributed by atoms with Crippen LogP contribution in [0, 0.1) is 0 Å². The van der Waals surface area contributed by atoms with E-state index in [9.17, 15) is 10.2 Å². The minimum absolute atomic E-state index is 0.00856. The molecule has 3 rings (SSSR count). The molecule has 0 aliphatic heterocycles. The number of rotatable bonds is 0. The Balaban J connectivity index is 2.49. The minimum Gasteiger partial charge on any atom is -0.506 e. The molecule has 0 fully saturated rings. The summed E-state index contributed by atoms with van der Waals surface area (Å²) in [6.45, 7) is 0. The molecule has 4 heteroatoms. The number of anilines is 2. The predicted octanol–water partition coefficient (Wildman–Crippen LogP) is 2.57. The Morgan fingerprint density at radius 2 is 1.56 bits per heavy atom. The number of phenolic OH excluding ortho intramolecular Hbond substituents is 2. The van der Waals surface area contributed by atoms with E-state index >= 15 is 0 Å². The molecule has 6 N–H and O–H groups in total. The van der Waals surface area contributed by atoms with Crippen LogP contribution in [0.3, 0.4) is 0 Å². The van der Waals surface area contributed by atoms with Gasteiger partial charge in [-0.2, -0.15) is 0 Å². The molecule has 3 aromatic carbocycles. The number of aromatic hydroxyl groups is 2. The summed E-state index contributed by atoms with van der Waals surface area (Å²) in [5.41, 5.74) is 12.0. The van der Waals surface area contributed by atoms with Crippen molar-refractivity contribution >= 4 is 32.9 Å². The standard InChI is InChI=1S/C14H12N2O2/c15-10-2-1-7-3-9-6-12(17)13(16)14(18)11(9)5-8(7)4-10/h1-6,17-18H,15-16H2. The number of nitrogens with two attached hydrogens (primary N) is 2. The maximum Gasteiger partial charge on any atom is 0.150 e. The maximum absolute atomic E-state index is 9.95. The fourth-order valence-electron chi connectivity index (χ4n) is 2.15. The lowest BCUT2D eigenvalue weighted by Crippen LogP contribution is -1.89. The van der Waals surface area contributed by atoms with Crippen LogP contribution in [0.15, 0.2) is 36.4 Å². The van der Waals surface area contributed by atoms with E-state index in [0.29, 0.717) is 11.1 Å². The fourth-order valence-corrected chi connectivity index (χ4v) is 2.15. The summed E-state index contributed by atoms with van der Waals surface area (Å²) in [6, 6.07) is 10.8. The molecule has 0 bridgehead atoms. The molecule has 0 amide bonds. The molecule has 18 heavy (non-hydrogen) atoms. The largest absolute Gasteiger partial charge is 0.506 e. The smallest absolute Gasteiger partial charge is 0.150 e. The molecule has 0 aliphatic carbocycles. The van der Waals surface area contributed by atoms with Crippen LogP contribution in [0.1, 0.15) is 0 Å². The first-order valence-corrected chi connectivity index (χ1v) is 5.49. The van der Waals surface area contributed by atoms with Gasteiger partial charge in [-0.15, -0.1) is 0 Å². The van der Waals surface area contributed by atoms with Crippen LogP contribution < -0.4 is 11.5 Å². The molecule has 0 aromatic heterocycles. The Hall–Kier alpha value is -2.62. The summed E-state index contributed by atoms with van der Waals surface area (Å²) >= 11 is 0. The number of fused-ring (bicyclic) bond motifs is 2. The van der Waals surface area contributed by atoms with Crippen molar-refractivity contribution in [2.75, 3.05) is 11.5 Å². The summed E-state index contributed by atoms with van der Waals surface area (Å²) < 4.78 is 0. The van der Waals surface area contributed by atoms with Gasteiger partial charge in [-0.25, -0.2) is 0 Å². The molecule has 3 aromatic rings. The van der Waals surface area contributed by atoms with Gasteiger partial charge in [0.25, 0.3) is 0 Å². The van der Waals surface area contributed by atoms with E-state index < -0.39 is 0 Å². The van der Waals surface area contributed by atoms with E-state index in [-0.39, 0.29) is 17.2 Å². The van der Waals surface area contributed by atoms with Crippen molar-refractivity contribution < 1.29 is 10.2 Å². The average molecular weight is 240 g/mol. The number of nitrogen functional groups attached to an aromatic ring is 2. The van der Waals surface area contributed by atoms with E-state index in [4.69, 9.17) is 11.5 Å². The summed E-state index contributed by atoms with van der Waals surface area (Å²) in [6.07, 6.45) is 0. The summed E-state index contributed by atoms with van der Waals surface area (Å²) in [5.74, 6) is -0.218. The summed E-state index contributed by atoms with van der Waals surface area (Å²) in [7, 11) is 0. The van der Waals surface area contributed by atoms with Crippen LogP contribution in [0.4, 0.5) is 11.4 Å². The summed E-state index contributed by atoms with van der Waals surface area (Å²) in [4.78, 5) is 0. The zero-order chi connectivity index (χ0) is 12.9. The third-order valence-corrected chi connectivity index (χ3v) is 3.11. The molecule has 4 nitrogen and oxygen atoms in total. The quantitative estimate of drug-likeness (QED) is 0.276. The molecule has 0 unspecified atom stereocenters. The first-order chi connectivity index (χ1) is 8.56. The highest BCUT2D eigenvalue weighted by atomic mass is 16.3. The van der Waals surface area contributed by atoms with Crippen molar-refractivity contribution in [3.8, 4) is 11.5 Å². The van der Waals surface area contributed by atoms with Crippen molar-refractivity contribution in [1.29, 1.82) is 0 Å². The highest BCUT2D eigenvalue weighted by molar-refractivity contribution is 6.04. The van der Waals surface area contributed by atoms with Gasteiger partial charge in [0, 0.05) is 11.1 Å². The molecule has 0 atom stereocenters. The SMILES string of the molecule is Nc1ccc2cc3cc(O)c(N)c(O)c3cc2c1. The summed E-state index contributed by atoms with van der Waals surface area (Å²) in [5, 5.41) is 22.8. The molecule has 0 radical (unpaired) electrons. The minimum atomic E-state index is -0.116. The molecule has 0 saturated heterocycles. The van der Waals surface area contributed by atoms with Crippen LogP contribution in [-0.4, -0.2) is 10.2 Å². The van der Waals surface area contributed by atoms with Gasteiger partial charge >= 0.3 is 0 Å². The molecule has 90 valence electrons. The van der Waals surface area contributed by atoms with Crippen LogP contribution in [0.5, 0.6) is 11.5 Å². The third-order valence-electron chi connectivity index (χ3n) is 3.11. The van der Waals surface area contributed by atoms with Gasteiger partial charge in [-0.3, -0.25) is 0 Å². The van der Waals surface area contributed by atoms with E-state index in [1.165, 1.54) is 0 Å². The van der Waals surface area contributed by atoms with Crippen molar-refractivity contribution in [3.05, 3.63) is 36.4 Å². The van der Waals surface area contributed by atoms with E-state index in [1.807, 2.05) is 30.3 Å². The van der Waals surface area contributed by atoms with Gasteiger partial charge < -0.3 is 21.7 Å². The Morgan fingerprint density at radius 3 is 2.33 bits per heavy atom. The highest BCUT2D eigenvalue weighted by Crippen LogP contribution is 2.39. The Bertz CT molecular complexity index is 782. The van der Waals surface area contributed by atoms with E-state index in [2.05, 4.69) is 0 Å². The molecular formula is C14H12N2O2. The van der Waals surface area contributed by atoms with Crippen LogP contribution in [-0.2, 0) is 0 Å². The van der Waals surface area contributed by atoms with Crippen molar-refractivity contribution in [2.24, 2.45) is 0 Å². The fraction of sp³-hybridized carbons (Fsp3) is 0. The Kier molecular flexibility index (Phi) is 2.01. The van der Waals surface area contributed by atoms with Crippen LogP contribution >= 0.6 is 0 Å². The van der Waals surface area contributed by atoms with Crippen LogP contribution in [0.25, 0.3) is 21.5 Å². The number of phenols is 2. The van der Waals surface area contributed by atoms with Gasteiger partial charge in [-0.1, -0.05) is 6.07 Å². The molecule has 0 heterocycles. The average Bonchev–Trinajstić information content (AvgIpc) is 2.35. The second-order valence-electron chi connectivity index (χ2n) is 4.34. The monoisotopic (exact) mass is 240 g/mol. The van der Waals surface area contributed by atoms with Gasteiger partial charge in [0.05, 0.1) is 0 Å². The Morgan fingerprint density at radius 1 is 0.778 bits per heavy atom. The van der Waals surface area contributed by atoms with Gasteiger partial charge in [0.15, 0.2) is 0 Å². The second-order valence-corrected chi connectivity index (χ2v) is 4.34. The van der Waals surface area contributed by atoms with Gasteiger partial charge in [-0.05, 0) is 46.5 Å². The molecule has 0 saturated carbocycles. The number of benzene rings is 3. The predicted molar refractivity (Wildman–Crippen MR) is 73.6 cm³/mol.